The van der Waals surface area contributed by atoms with E-state index in [-0.39, 0.29) is 6.61 Å². The molecule has 3 rings (SSSR count). The number of nitrogens with zero attached hydrogens (tertiary/aromatic N) is 2. The standard InChI is InChI=1S/C23H25FN2O/c1-3-4-5-18-6-8-20(9-7-18)23-25-14-21(15-26-23)19-10-12-22(13-11-19)27-16-17(2)24/h6-15,17H,3-5,16H2,1-2H3. The Hall–Kier alpha value is -2.75. The van der Waals surface area contributed by atoms with Crippen LogP contribution < -0.4 is 4.74 Å². The van der Waals surface area contributed by atoms with Crippen LogP contribution in [0.5, 0.6) is 5.75 Å². The second-order valence-corrected chi connectivity index (χ2v) is 6.71. The normalized spacial score (nSPS) is 12.0. The van der Waals surface area contributed by atoms with E-state index in [9.17, 15) is 4.39 Å². The van der Waals surface area contributed by atoms with E-state index in [4.69, 9.17) is 4.74 Å². The van der Waals surface area contributed by atoms with Gasteiger partial charge in [-0.15, -0.1) is 0 Å². The number of alkyl halides is 1. The van der Waals surface area contributed by atoms with Crippen LogP contribution in [0.1, 0.15) is 32.3 Å². The summed E-state index contributed by atoms with van der Waals surface area (Å²) >= 11 is 0. The van der Waals surface area contributed by atoms with Gasteiger partial charge < -0.3 is 4.74 Å². The van der Waals surface area contributed by atoms with Gasteiger partial charge >= 0.3 is 0 Å². The number of rotatable bonds is 8. The fourth-order valence-electron chi connectivity index (χ4n) is 2.78. The monoisotopic (exact) mass is 364 g/mol. The van der Waals surface area contributed by atoms with Crippen LogP contribution in [0.25, 0.3) is 22.5 Å². The number of halogens is 1. The molecule has 27 heavy (non-hydrogen) atoms. The molecule has 4 heteroatoms. The molecule has 1 heterocycles. The zero-order chi connectivity index (χ0) is 19.1. The van der Waals surface area contributed by atoms with Crippen LogP contribution in [0.15, 0.2) is 60.9 Å². The molecular weight excluding hydrogens is 339 g/mol. The minimum absolute atomic E-state index is 0.0639. The van der Waals surface area contributed by atoms with Crippen LogP contribution in [0, 0.1) is 0 Å². The third-order valence-electron chi connectivity index (χ3n) is 4.35. The molecule has 140 valence electrons. The van der Waals surface area contributed by atoms with E-state index in [0.717, 1.165) is 28.9 Å². The molecule has 0 saturated carbocycles. The number of hydrogen-bond donors (Lipinski definition) is 0. The molecule has 0 bridgehead atoms. The summed E-state index contributed by atoms with van der Waals surface area (Å²) in [6, 6.07) is 16.0. The first-order valence-electron chi connectivity index (χ1n) is 9.44. The van der Waals surface area contributed by atoms with Gasteiger partial charge in [0.1, 0.15) is 18.5 Å². The first-order valence-corrected chi connectivity index (χ1v) is 9.44. The van der Waals surface area contributed by atoms with E-state index in [1.807, 2.05) is 36.7 Å². The van der Waals surface area contributed by atoms with Gasteiger partial charge in [-0.3, -0.25) is 0 Å². The number of unbranched alkanes of at least 4 members (excludes halogenated alkanes) is 1. The van der Waals surface area contributed by atoms with Gasteiger partial charge in [-0.1, -0.05) is 49.7 Å². The van der Waals surface area contributed by atoms with Gasteiger partial charge in [-0.25, -0.2) is 14.4 Å². The van der Waals surface area contributed by atoms with Crippen LogP contribution >= 0.6 is 0 Å². The van der Waals surface area contributed by atoms with Crippen LogP contribution in [0.2, 0.25) is 0 Å². The SMILES string of the molecule is CCCCc1ccc(-c2ncc(-c3ccc(OCC(C)F)cc3)cn2)cc1. The number of ether oxygens (including phenoxy) is 1. The quantitative estimate of drug-likeness (QED) is 0.500. The van der Waals surface area contributed by atoms with Gasteiger partial charge in [0.25, 0.3) is 0 Å². The zero-order valence-electron chi connectivity index (χ0n) is 15.9. The van der Waals surface area contributed by atoms with Gasteiger partial charge in [-0.2, -0.15) is 0 Å². The Morgan fingerprint density at radius 3 is 2.11 bits per heavy atom. The highest BCUT2D eigenvalue weighted by Gasteiger charge is 2.05. The van der Waals surface area contributed by atoms with Crippen LogP contribution in [0.3, 0.4) is 0 Å². The van der Waals surface area contributed by atoms with E-state index in [2.05, 4.69) is 41.2 Å². The predicted molar refractivity (Wildman–Crippen MR) is 108 cm³/mol. The Labute approximate surface area is 160 Å². The van der Waals surface area contributed by atoms with E-state index >= 15 is 0 Å². The molecule has 0 N–H and O–H groups in total. The lowest BCUT2D eigenvalue weighted by Gasteiger charge is -2.08. The van der Waals surface area contributed by atoms with Crippen molar-refractivity contribution < 1.29 is 9.13 Å². The summed E-state index contributed by atoms with van der Waals surface area (Å²) in [5.41, 5.74) is 4.30. The third kappa shape index (κ3) is 5.36. The largest absolute Gasteiger partial charge is 0.491 e. The van der Waals surface area contributed by atoms with Crippen LogP contribution in [-0.2, 0) is 6.42 Å². The summed E-state index contributed by atoms with van der Waals surface area (Å²) in [5.74, 6) is 1.38. The maximum absolute atomic E-state index is 12.8. The lowest BCUT2D eigenvalue weighted by atomic mass is 10.1. The Morgan fingerprint density at radius 2 is 1.52 bits per heavy atom. The summed E-state index contributed by atoms with van der Waals surface area (Å²) < 4.78 is 18.2. The Balaban J connectivity index is 1.68. The van der Waals surface area contributed by atoms with Gasteiger partial charge in [0.05, 0.1) is 0 Å². The average molecular weight is 364 g/mol. The molecule has 0 spiro atoms. The second kappa shape index (κ2) is 9.26. The summed E-state index contributed by atoms with van der Waals surface area (Å²) in [7, 11) is 0. The fraction of sp³-hybridized carbons (Fsp3) is 0.304. The lowest BCUT2D eigenvalue weighted by Crippen LogP contribution is -2.08. The number of aromatic nitrogens is 2. The van der Waals surface area contributed by atoms with Crippen molar-refractivity contribution in [3.05, 3.63) is 66.5 Å². The van der Waals surface area contributed by atoms with Gasteiger partial charge in [-0.05, 0) is 43.0 Å². The zero-order valence-corrected chi connectivity index (χ0v) is 15.9. The Bertz CT molecular complexity index is 828. The van der Waals surface area contributed by atoms with Crippen molar-refractivity contribution in [1.82, 2.24) is 9.97 Å². The van der Waals surface area contributed by atoms with Gasteiger partial charge in [0.2, 0.25) is 0 Å². The Kier molecular flexibility index (Phi) is 6.53. The molecule has 0 radical (unpaired) electrons. The van der Waals surface area contributed by atoms with E-state index < -0.39 is 6.17 Å². The molecule has 1 aromatic heterocycles. The second-order valence-electron chi connectivity index (χ2n) is 6.71. The molecule has 0 aliphatic heterocycles. The van der Waals surface area contributed by atoms with Crippen molar-refractivity contribution in [3.63, 3.8) is 0 Å². The third-order valence-corrected chi connectivity index (χ3v) is 4.35. The maximum Gasteiger partial charge on any atom is 0.159 e. The van der Waals surface area contributed by atoms with E-state index in [1.54, 1.807) is 0 Å². The predicted octanol–water partition coefficient (Wildman–Crippen LogP) is 5.89. The number of aryl methyl sites for hydroxylation is 1. The summed E-state index contributed by atoms with van der Waals surface area (Å²) in [6.07, 6.45) is 6.20. The van der Waals surface area contributed by atoms with Crippen molar-refractivity contribution in [3.8, 4) is 28.3 Å². The minimum Gasteiger partial charge on any atom is -0.491 e. The molecule has 0 fully saturated rings. The molecule has 2 aromatic carbocycles. The highest BCUT2D eigenvalue weighted by Crippen LogP contribution is 2.23. The molecule has 3 aromatic rings. The highest BCUT2D eigenvalue weighted by atomic mass is 19.1. The first kappa shape index (κ1) is 19.0. The maximum atomic E-state index is 12.8. The lowest BCUT2D eigenvalue weighted by molar-refractivity contribution is 0.210. The van der Waals surface area contributed by atoms with E-state index in [0.29, 0.717) is 5.75 Å². The van der Waals surface area contributed by atoms with Gasteiger partial charge in [0.15, 0.2) is 5.82 Å². The molecule has 1 unspecified atom stereocenters. The highest BCUT2D eigenvalue weighted by molar-refractivity contribution is 5.64. The van der Waals surface area contributed by atoms with Gasteiger partial charge in [0, 0.05) is 23.5 Å². The fourth-order valence-corrected chi connectivity index (χ4v) is 2.78. The van der Waals surface area contributed by atoms with E-state index in [1.165, 1.54) is 25.3 Å². The minimum atomic E-state index is -0.980. The molecule has 0 aliphatic rings. The van der Waals surface area contributed by atoms with Crippen LogP contribution in [0.4, 0.5) is 4.39 Å². The van der Waals surface area contributed by atoms with Crippen molar-refractivity contribution in [2.75, 3.05) is 6.61 Å². The van der Waals surface area contributed by atoms with Crippen molar-refractivity contribution in [2.45, 2.75) is 39.3 Å². The number of hydrogen-bond acceptors (Lipinski definition) is 3. The molecular formula is C23H25FN2O. The first-order chi connectivity index (χ1) is 13.2. The topological polar surface area (TPSA) is 35.0 Å². The molecule has 3 nitrogen and oxygen atoms in total. The Morgan fingerprint density at radius 1 is 0.889 bits per heavy atom. The van der Waals surface area contributed by atoms with Crippen molar-refractivity contribution in [1.29, 1.82) is 0 Å². The summed E-state index contributed by atoms with van der Waals surface area (Å²) in [5, 5.41) is 0. The van der Waals surface area contributed by atoms with Crippen molar-refractivity contribution in [2.24, 2.45) is 0 Å². The molecule has 1 atom stereocenters. The van der Waals surface area contributed by atoms with Crippen LogP contribution in [-0.4, -0.2) is 22.7 Å². The molecule has 0 amide bonds. The molecule has 0 aliphatic carbocycles. The van der Waals surface area contributed by atoms with Crippen molar-refractivity contribution >= 4 is 0 Å². The molecule has 0 saturated heterocycles. The smallest absolute Gasteiger partial charge is 0.159 e. The summed E-state index contributed by atoms with van der Waals surface area (Å²) in [4.78, 5) is 9.01. The summed E-state index contributed by atoms with van der Waals surface area (Å²) in [6.45, 7) is 3.75. The number of benzene rings is 2. The average Bonchev–Trinajstić information content (AvgIpc) is 2.72.